The van der Waals surface area contributed by atoms with Gasteiger partial charge in [-0.3, -0.25) is 10.1 Å². The second kappa shape index (κ2) is 5.43. The molecule has 0 amide bonds. The number of nitrogens with one attached hydrogen (secondary N) is 1. The van der Waals surface area contributed by atoms with E-state index in [1.165, 1.54) is 12.1 Å². The Labute approximate surface area is 116 Å². The molecule has 0 bridgehead atoms. The van der Waals surface area contributed by atoms with Gasteiger partial charge in [-0.25, -0.2) is 4.98 Å². The fraction of sp³-hybridized carbons (Fsp3) is 0.154. The minimum absolute atomic E-state index is 0.0951. The largest absolute Gasteiger partial charge is 0.383 e. The maximum atomic E-state index is 10.8. The topological polar surface area (TPSA) is 97.3 Å². The Morgan fingerprint density at radius 2 is 2.00 bits per heavy atom. The third kappa shape index (κ3) is 2.94. The van der Waals surface area contributed by atoms with Crippen molar-refractivity contribution in [3.05, 3.63) is 46.5 Å². The molecule has 1 heterocycles. The summed E-state index contributed by atoms with van der Waals surface area (Å²) in [6, 6.07) is 10.2. The van der Waals surface area contributed by atoms with Crippen LogP contribution in [-0.2, 0) is 0 Å². The van der Waals surface area contributed by atoms with Crippen molar-refractivity contribution in [3.8, 4) is 0 Å². The van der Waals surface area contributed by atoms with Crippen LogP contribution >= 0.6 is 0 Å². The Morgan fingerprint density at radius 1 is 1.30 bits per heavy atom. The van der Waals surface area contributed by atoms with Crippen LogP contribution in [0, 0.1) is 10.1 Å². The Morgan fingerprint density at radius 3 is 2.65 bits per heavy atom. The maximum absolute atomic E-state index is 10.8. The number of benzene rings is 1. The highest BCUT2D eigenvalue weighted by Crippen LogP contribution is 2.28. The van der Waals surface area contributed by atoms with E-state index in [4.69, 9.17) is 5.73 Å². The number of nitrogen functional groups attached to an aromatic ring is 1. The first-order valence-electron chi connectivity index (χ1n) is 5.92. The van der Waals surface area contributed by atoms with Crippen molar-refractivity contribution < 1.29 is 4.92 Å². The number of anilines is 4. The molecule has 2 aromatic rings. The van der Waals surface area contributed by atoms with E-state index in [2.05, 4.69) is 10.3 Å². The fourth-order valence-corrected chi connectivity index (χ4v) is 1.81. The summed E-state index contributed by atoms with van der Waals surface area (Å²) >= 11 is 0. The lowest BCUT2D eigenvalue weighted by atomic mass is 10.2. The zero-order valence-electron chi connectivity index (χ0n) is 11.2. The minimum Gasteiger partial charge on any atom is -0.383 e. The van der Waals surface area contributed by atoms with Gasteiger partial charge in [-0.1, -0.05) is 12.1 Å². The Hall–Kier alpha value is -2.83. The molecular weight excluding hydrogens is 258 g/mol. The van der Waals surface area contributed by atoms with E-state index in [0.717, 1.165) is 11.4 Å². The van der Waals surface area contributed by atoms with Crippen LogP contribution in [0.25, 0.3) is 0 Å². The van der Waals surface area contributed by atoms with Gasteiger partial charge in [0, 0.05) is 14.1 Å². The zero-order valence-corrected chi connectivity index (χ0v) is 11.2. The van der Waals surface area contributed by atoms with Gasteiger partial charge >= 0.3 is 0 Å². The molecule has 0 saturated carbocycles. The number of nitrogens with two attached hydrogens (primary N) is 1. The summed E-state index contributed by atoms with van der Waals surface area (Å²) in [6.45, 7) is 0. The SMILES string of the molecule is CN(C)c1ccccc1Nc1cc([N+](=O)[O-])cc(N)n1. The van der Waals surface area contributed by atoms with Gasteiger partial charge in [0.15, 0.2) is 0 Å². The summed E-state index contributed by atoms with van der Waals surface area (Å²) in [7, 11) is 3.82. The molecule has 7 heteroatoms. The summed E-state index contributed by atoms with van der Waals surface area (Å²) in [5.74, 6) is 0.440. The fourth-order valence-electron chi connectivity index (χ4n) is 1.81. The Balaban J connectivity index is 2.37. The molecule has 0 aliphatic carbocycles. The highest BCUT2D eigenvalue weighted by Gasteiger charge is 2.11. The molecule has 104 valence electrons. The van der Waals surface area contributed by atoms with Crippen LogP contribution in [0.1, 0.15) is 0 Å². The van der Waals surface area contributed by atoms with E-state index >= 15 is 0 Å². The van der Waals surface area contributed by atoms with Gasteiger partial charge in [-0.15, -0.1) is 0 Å². The van der Waals surface area contributed by atoms with Gasteiger partial charge in [-0.05, 0) is 12.1 Å². The molecule has 0 aliphatic rings. The Bertz CT molecular complexity index is 642. The van der Waals surface area contributed by atoms with E-state index in [9.17, 15) is 10.1 Å². The molecule has 0 saturated heterocycles. The molecule has 20 heavy (non-hydrogen) atoms. The summed E-state index contributed by atoms with van der Waals surface area (Å²) in [6.07, 6.45) is 0. The first kappa shape index (κ1) is 13.6. The zero-order chi connectivity index (χ0) is 14.7. The van der Waals surface area contributed by atoms with E-state index in [1.54, 1.807) is 0 Å². The second-order valence-corrected chi connectivity index (χ2v) is 4.43. The quantitative estimate of drug-likeness (QED) is 0.655. The second-order valence-electron chi connectivity index (χ2n) is 4.43. The van der Waals surface area contributed by atoms with E-state index in [0.29, 0.717) is 5.82 Å². The summed E-state index contributed by atoms with van der Waals surface area (Å²) in [5.41, 5.74) is 7.23. The predicted octanol–water partition coefficient (Wildman–Crippen LogP) is 2.38. The average molecular weight is 273 g/mol. The summed E-state index contributed by atoms with van der Waals surface area (Å²) < 4.78 is 0. The van der Waals surface area contributed by atoms with Crippen molar-refractivity contribution in [2.24, 2.45) is 0 Å². The Kier molecular flexibility index (Phi) is 3.69. The van der Waals surface area contributed by atoms with Gasteiger partial charge in [0.05, 0.1) is 28.4 Å². The number of rotatable bonds is 4. The number of nitro groups is 1. The molecule has 2 rings (SSSR count). The number of pyridine rings is 1. The highest BCUT2D eigenvalue weighted by molar-refractivity contribution is 5.74. The average Bonchev–Trinajstić information content (AvgIpc) is 2.38. The molecule has 0 unspecified atom stereocenters. The van der Waals surface area contributed by atoms with Crippen LogP contribution in [0.5, 0.6) is 0 Å². The molecule has 1 aromatic heterocycles. The number of hydrogen-bond acceptors (Lipinski definition) is 6. The van der Waals surface area contributed by atoms with E-state index in [1.807, 2.05) is 43.3 Å². The standard InChI is InChI=1S/C13H15N5O2/c1-17(2)11-6-4-3-5-10(11)15-13-8-9(18(19)20)7-12(14)16-13/h3-8H,1-2H3,(H3,14,15,16). The van der Waals surface area contributed by atoms with Gasteiger partial charge in [0.2, 0.25) is 0 Å². The monoisotopic (exact) mass is 273 g/mol. The molecule has 0 fully saturated rings. The lowest BCUT2D eigenvalue weighted by molar-refractivity contribution is -0.384. The molecule has 1 aromatic carbocycles. The van der Waals surface area contributed by atoms with Gasteiger partial charge in [-0.2, -0.15) is 0 Å². The van der Waals surface area contributed by atoms with Crippen LogP contribution < -0.4 is 16.0 Å². The summed E-state index contributed by atoms with van der Waals surface area (Å²) in [5, 5.41) is 13.9. The number of aromatic nitrogens is 1. The molecule has 0 radical (unpaired) electrons. The van der Waals surface area contributed by atoms with Crippen molar-refractivity contribution in [3.63, 3.8) is 0 Å². The maximum Gasteiger partial charge on any atom is 0.276 e. The lowest BCUT2D eigenvalue weighted by Gasteiger charge is -2.18. The van der Waals surface area contributed by atoms with Crippen molar-refractivity contribution in [1.82, 2.24) is 4.98 Å². The number of hydrogen-bond donors (Lipinski definition) is 2. The van der Waals surface area contributed by atoms with Crippen molar-refractivity contribution in [2.75, 3.05) is 30.0 Å². The van der Waals surface area contributed by atoms with Crippen LogP contribution in [0.3, 0.4) is 0 Å². The van der Waals surface area contributed by atoms with Crippen LogP contribution in [0.2, 0.25) is 0 Å². The smallest absolute Gasteiger partial charge is 0.276 e. The van der Waals surface area contributed by atoms with Gasteiger partial charge < -0.3 is 16.0 Å². The van der Waals surface area contributed by atoms with Crippen LogP contribution in [0.15, 0.2) is 36.4 Å². The third-order valence-electron chi connectivity index (χ3n) is 2.69. The molecule has 7 nitrogen and oxygen atoms in total. The van der Waals surface area contributed by atoms with Crippen molar-refractivity contribution >= 4 is 28.7 Å². The normalized spacial score (nSPS) is 10.1. The lowest BCUT2D eigenvalue weighted by Crippen LogP contribution is -2.11. The molecule has 0 aliphatic heterocycles. The van der Waals surface area contributed by atoms with Crippen LogP contribution in [0.4, 0.5) is 28.7 Å². The molecule has 3 N–H and O–H groups in total. The molecular formula is C13H15N5O2. The number of nitrogens with zero attached hydrogens (tertiary/aromatic N) is 3. The van der Waals surface area contributed by atoms with Crippen molar-refractivity contribution in [1.29, 1.82) is 0 Å². The highest BCUT2D eigenvalue weighted by atomic mass is 16.6. The molecule has 0 spiro atoms. The number of para-hydroxylation sites is 2. The minimum atomic E-state index is -0.499. The van der Waals surface area contributed by atoms with Gasteiger partial charge in [0.1, 0.15) is 11.6 Å². The van der Waals surface area contributed by atoms with Gasteiger partial charge in [0.25, 0.3) is 5.69 Å². The van der Waals surface area contributed by atoms with E-state index in [-0.39, 0.29) is 11.5 Å². The van der Waals surface area contributed by atoms with Crippen LogP contribution in [-0.4, -0.2) is 24.0 Å². The first-order chi connectivity index (χ1) is 9.47. The van der Waals surface area contributed by atoms with Crippen molar-refractivity contribution in [2.45, 2.75) is 0 Å². The third-order valence-corrected chi connectivity index (χ3v) is 2.69. The summed E-state index contributed by atoms with van der Waals surface area (Å²) in [4.78, 5) is 16.3. The predicted molar refractivity (Wildman–Crippen MR) is 79.4 cm³/mol. The van der Waals surface area contributed by atoms with E-state index < -0.39 is 4.92 Å². The first-order valence-corrected chi connectivity index (χ1v) is 5.92. The molecule has 0 atom stereocenters.